The van der Waals surface area contributed by atoms with Crippen LogP contribution in [-0.4, -0.2) is 188 Å². The van der Waals surface area contributed by atoms with Crippen LogP contribution in [0.15, 0.2) is 72.8 Å². The number of hydrogen-bond donors (Lipinski definition) is 12. The Bertz CT molecular complexity index is 2560. The summed E-state index contributed by atoms with van der Waals surface area (Å²) in [6.45, 7) is -5.19. The van der Waals surface area contributed by atoms with Gasteiger partial charge in [0.05, 0.1) is 39.3 Å². The van der Waals surface area contributed by atoms with Crippen molar-refractivity contribution in [3.63, 3.8) is 0 Å². The summed E-state index contributed by atoms with van der Waals surface area (Å²) in [5.41, 5.74) is 6.41. The minimum Gasteiger partial charge on any atom is -0.479 e. The van der Waals surface area contributed by atoms with E-state index in [9.17, 15) is 88.7 Å². The maximum absolute atomic E-state index is 12.8. The van der Waals surface area contributed by atoms with Crippen molar-refractivity contribution >= 4 is 76.9 Å². The van der Waals surface area contributed by atoms with E-state index < -0.39 is 148 Å². The fraction of sp³-hybridized carbons (Fsp3) is 0.438. The Morgan fingerprint density at radius 2 is 0.854 bits per heavy atom. The molecular weight excluding hydrogens is 1120 g/mol. The van der Waals surface area contributed by atoms with Crippen molar-refractivity contribution in [3.8, 4) is 0 Å². The first-order chi connectivity index (χ1) is 38.6. The van der Waals surface area contributed by atoms with E-state index in [1.165, 1.54) is 12.2 Å². The van der Waals surface area contributed by atoms with Crippen LogP contribution in [0.1, 0.15) is 36.8 Å². The largest absolute Gasteiger partial charge is 0.479 e. The topological polar surface area (TPSA) is 418 Å². The molecule has 11 amide bonds. The normalized spacial score (nSPS) is 13.3. The molecule has 34 heteroatoms. The van der Waals surface area contributed by atoms with Crippen LogP contribution < -0.4 is 53.6 Å². The molecule has 0 aliphatic carbocycles. The number of alkyl halides is 6. The Kier molecular flexibility index (Phi) is 29.9. The monoisotopic (exact) mass is 1180 g/mol. The van der Waals surface area contributed by atoms with Crippen LogP contribution in [0.5, 0.6) is 0 Å². The summed E-state index contributed by atoms with van der Waals surface area (Å²) in [6, 6.07) is 14.5. The third kappa shape index (κ3) is 28.2. The summed E-state index contributed by atoms with van der Waals surface area (Å²) < 4.78 is 83.7. The number of carboxylic acid groups (broad SMARTS) is 2. The number of nitrogens with zero attached hydrogens (tertiary/aromatic N) is 1. The predicted molar refractivity (Wildman–Crippen MR) is 266 cm³/mol. The van der Waals surface area contributed by atoms with Crippen LogP contribution >= 0.6 is 0 Å². The first-order valence-corrected chi connectivity index (χ1v) is 24.2. The van der Waals surface area contributed by atoms with Crippen molar-refractivity contribution in [1.82, 2.24) is 52.8 Å². The molecule has 1 aliphatic heterocycles. The molecule has 0 spiro atoms. The first kappa shape index (κ1) is 69.1. The standard InChI is InChI=1S/C29H35F3N6O10.C19H24F3N5O7/c30-29(31,32)26(28(46)47)48-17-36-22(41)15-35-27(45)19(13-18-7-3-1-4-8-18)37-23(42)16-34-21(40)14-33-20(39)9-5-2-6-12-38-24(43)10-11-25(38)44;20-19(21,22)16(18(32)33)34-10-26-14(29)8-25-17(31)12(6-11-4-2-1-3-5-11)27-15(30)9-24-13(28)7-23/h1,3-4,7-8,10-11,19,26H,2,5-6,9,12-17H2,(H,33,39)(H,34,40)(H,35,45)(H,36,41)(H,37,42)(H,46,47);1-5,12,16H,6-10,23H2,(H,24,28)(H,25,31)(H,26,29)(H,27,30)(H,32,33)/t19-,26?;12-,16?/m00/s1. The Morgan fingerprint density at radius 3 is 1.24 bits per heavy atom. The third-order valence-electron chi connectivity index (χ3n) is 10.5. The molecule has 0 bridgehead atoms. The van der Waals surface area contributed by atoms with Gasteiger partial charge in [-0.25, -0.2) is 9.59 Å². The smallest absolute Gasteiger partial charge is 0.425 e. The van der Waals surface area contributed by atoms with E-state index in [1.54, 1.807) is 60.7 Å². The van der Waals surface area contributed by atoms with E-state index in [2.05, 4.69) is 46.7 Å². The number of halogens is 6. The zero-order valence-corrected chi connectivity index (χ0v) is 43.2. The molecular formula is C48H59F6N11O17. The van der Waals surface area contributed by atoms with Crippen LogP contribution in [0.25, 0.3) is 0 Å². The Balaban J connectivity index is 0.000000595. The van der Waals surface area contributed by atoms with Crippen molar-refractivity contribution in [1.29, 1.82) is 0 Å². The van der Waals surface area contributed by atoms with Crippen LogP contribution in [0.2, 0.25) is 0 Å². The van der Waals surface area contributed by atoms with Crippen molar-refractivity contribution in [2.75, 3.05) is 59.3 Å². The highest BCUT2D eigenvalue weighted by molar-refractivity contribution is 6.12. The molecule has 450 valence electrons. The van der Waals surface area contributed by atoms with Gasteiger partial charge in [0.25, 0.3) is 24.0 Å². The number of carbonyl (C=O) groups excluding carboxylic acids is 11. The van der Waals surface area contributed by atoms with Crippen LogP contribution in [0, 0.1) is 0 Å². The Labute approximate surface area is 461 Å². The lowest BCUT2D eigenvalue weighted by atomic mass is 10.1. The maximum Gasteiger partial charge on any atom is 0.425 e. The van der Waals surface area contributed by atoms with Gasteiger partial charge in [0.15, 0.2) is 0 Å². The molecule has 1 aliphatic rings. The maximum atomic E-state index is 12.8. The van der Waals surface area contributed by atoms with Crippen molar-refractivity contribution in [2.24, 2.45) is 5.73 Å². The highest BCUT2D eigenvalue weighted by Crippen LogP contribution is 2.23. The third-order valence-corrected chi connectivity index (χ3v) is 10.5. The SMILES string of the molecule is NCC(=O)NCC(=O)N[C@@H](Cc1ccccc1)C(=O)NCC(=O)NCOC(C(=O)O)C(F)(F)F.O=C(CCCCCN1C(=O)C=CC1=O)NCC(=O)NCC(=O)N[C@@H](Cc1ccccc1)C(=O)NCC(=O)NCOC(C(=O)O)C(F)(F)F. The summed E-state index contributed by atoms with van der Waals surface area (Å²) in [5, 5.41) is 37.0. The molecule has 4 atom stereocenters. The highest BCUT2D eigenvalue weighted by atomic mass is 19.4. The summed E-state index contributed by atoms with van der Waals surface area (Å²) in [6.07, 6.45) is -12.7. The number of carboxylic acids is 2. The molecule has 0 fully saturated rings. The lowest BCUT2D eigenvalue weighted by Gasteiger charge is -2.19. The molecule has 0 radical (unpaired) electrons. The second-order valence-electron chi connectivity index (χ2n) is 16.9. The molecule has 2 aromatic carbocycles. The van der Waals surface area contributed by atoms with Crippen LogP contribution in [-0.2, 0) is 84.6 Å². The molecule has 0 saturated heterocycles. The van der Waals surface area contributed by atoms with Crippen molar-refractivity contribution in [3.05, 3.63) is 83.9 Å². The van der Waals surface area contributed by atoms with Crippen molar-refractivity contribution in [2.45, 2.75) is 75.2 Å². The minimum absolute atomic E-state index is 0.0276. The second-order valence-corrected chi connectivity index (χ2v) is 16.9. The number of ether oxygens (including phenoxy) is 2. The van der Waals surface area contributed by atoms with E-state index in [4.69, 9.17) is 15.9 Å². The van der Waals surface area contributed by atoms with Gasteiger partial charge in [-0.2, -0.15) is 26.3 Å². The Hall–Kier alpha value is -9.05. The minimum atomic E-state index is -5.22. The Morgan fingerprint density at radius 1 is 0.488 bits per heavy atom. The number of nitrogens with one attached hydrogen (secondary N) is 9. The van der Waals surface area contributed by atoms with E-state index >= 15 is 0 Å². The fourth-order valence-corrected chi connectivity index (χ4v) is 6.48. The highest BCUT2D eigenvalue weighted by Gasteiger charge is 2.47. The molecule has 0 aromatic heterocycles. The number of unbranched alkanes of at least 4 members (excludes halogenated alkanes) is 2. The average molecular weight is 1180 g/mol. The molecule has 0 saturated carbocycles. The van der Waals surface area contributed by atoms with Gasteiger partial charge in [0.2, 0.25) is 53.2 Å². The zero-order chi connectivity index (χ0) is 61.4. The molecule has 13 N–H and O–H groups in total. The summed E-state index contributed by atoms with van der Waals surface area (Å²) in [5.74, 6) is -12.2. The number of hydrogen-bond acceptors (Lipinski definition) is 16. The number of amides is 11. The molecule has 1 heterocycles. The molecule has 2 unspecified atom stereocenters. The molecule has 2 aromatic rings. The first-order valence-electron chi connectivity index (χ1n) is 24.2. The van der Waals surface area contributed by atoms with Gasteiger partial charge in [0, 0.05) is 38.0 Å². The van der Waals surface area contributed by atoms with Gasteiger partial charge >= 0.3 is 24.3 Å². The van der Waals surface area contributed by atoms with Gasteiger partial charge in [-0.05, 0) is 24.0 Å². The van der Waals surface area contributed by atoms with Crippen LogP contribution in [0.4, 0.5) is 26.3 Å². The number of aliphatic carboxylic acids is 2. The van der Waals surface area contributed by atoms with E-state index in [0.29, 0.717) is 30.4 Å². The van der Waals surface area contributed by atoms with Gasteiger partial charge < -0.3 is 73.3 Å². The number of nitrogens with two attached hydrogens (primary N) is 1. The summed E-state index contributed by atoms with van der Waals surface area (Å²) >= 11 is 0. The van der Waals surface area contributed by atoms with E-state index in [-0.39, 0.29) is 44.2 Å². The average Bonchev–Trinajstić information content (AvgIpc) is 3.79. The number of rotatable bonds is 33. The second kappa shape index (κ2) is 35.5. The molecule has 82 heavy (non-hydrogen) atoms. The number of carbonyl (C=O) groups is 13. The zero-order valence-electron chi connectivity index (χ0n) is 43.2. The van der Waals surface area contributed by atoms with Gasteiger partial charge in [0.1, 0.15) is 25.5 Å². The predicted octanol–water partition coefficient (Wildman–Crippen LogP) is -3.34. The fourth-order valence-electron chi connectivity index (χ4n) is 6.48. The lowest BCUT2D eigenvalue weighted by molar-refractivity contribution is -0.229. The van der Waals surface area contributed by atoms with E-state index in [1.807, 2.05) is 10.6 Å². The number of benzene rings is 2. The van der Waals surface area contributed by atoms with Gasteiger partial charge in [-0.15, -0.1) is 0 Å². The lowest BCUT2D eigenvalue weighted by Crippen LogP contribution is -2.52. The van der Waals surface area contributed by atoms with Crippen LogP contribution in [0.3, 0.4) is 0 Å². The van der Waals surface area contributed by atoms with E-state index in [0.717, 1.165) is 4.90 Å². The van der Waals surface area contributed by atoms with Gasteiger partial charge in [-0.1, -0.05) is 67.1 Å². The summed E-state index contributed by atoms with van der Waals surface area (Å²) in [4.78, 5) is 154. The number of imide groups is 1. The molecule has 3 rings (SSSR count). The molecule has 28 nitrogen and oxygen atoms in total. The van der Waals surface area contributed by atoms with Crippen molar-refractivity contribution < 1.29 is 108 Å². The van der Waals surface area contributed by atoms with Gasteiger partial charge in [-0.3, -0.25) is 57.6 Å². The summed E-state index contributed by atoms with van der Waals surface area (Å²) in [7, 11) is 0. The quantitative estimate of drug-likeness (QED) is 0.0144.